The maximum absolute atomic E-state index is 14.4. The van der Waals surface area contributed by atoms with Gasteiger partial charge in [0.15, 0.2) is 0 Å². The summed E-state index contributed by atoms with van der Waals surface area (Å²) in [5.74, 6) is 1.10. The number of methoxy groups -OCH3 is 1. The molecule has 0 saturated heterocycles. The van der Waals surface area contributed by atoms with Crippen molar-refractivity contribution in [3.8, 4) is 22.6 Å². The third-order valence-corrected chi connectivity index (χ3v) is 10.1. The molecule has 0 unspecified atom stereocenters. The van der Waals surface area contributed by atoms with E-state index in [4.69, 9.17) is 18.9 Å². The molecule has 0 saturated carbocycles. The van der Waals surface area contributed by atoms with Crippen LogP contribution in [0.4, 0.5) is 5.69 Å². The summed E-state index contributed by atoms with van der Waals surface area (Å²) in [5.41, 5.74) is 5.60. The molecule has 0 N–H and O–H groups in total. The van der Waals surface area contributed by atoms with E-state index in [9.17, 15) is 13.2 Å². The number of rotatable bonds is 17. The van der Waals surface area contributed by atoms with Gasteiger partial charge in [-0.15, -0.1) is 0 Å². The number of hydrogen-bond donors (Lipinski definition) is 0. The van der Waals surface area contributed by atoms with Crippen LogP contribution in [0.15, 0.2) is 126 Å². The molecule has 0 aliphatic heterocycles. The summed E-state index contributed by atoms with van der Waals surface area (Å²) in [4.78, 5) is 11.9. The molecule has 0 aromatic heterocycles. The van der Waals surface area contributed by atoms with Gasteiger partial charge in [-0.1, -0.05) is 78.9 Å². The second-order valence-electron chi connectivity index (χ2n) is 11.7. The van der Waals surface area contributed by atoms with Gasteiger partial charge < -0.3 is 18.9 Å². The average Bonchev–Trinajstić information content (AvgIpc) is 3.15. The van der Waals surface area contributed by atoms with Gasteiger partial charge in [-0.25, -0.2) is 8.42 Å². The summed E-state index contributed by atoms with van der Waals surface area (Å²) < 4.78 is 52.5. The summed E-state index contributed by atoms with van der Waals surface area (Å²) in [5, 5.41) is 0. The Balaban J connectivity index is 1.50. The molecule has 8 nitrogen and oxygen atoms in total. The first-order valence-electron chi connectivity index (χ1n) is 16.6. The smallest absolute Gasteiger partial charge is 0.305 e. The van der Waals surface area contributed by atoms with Crippen molar-refractivity contribution in [2.45, 2.75) is 44.7 Å². The van der Waals surface area contributed by atoms with E-state index in [0.29, 0.717) is 49.8 Å². The minimum Gasteiger partial charge on any atom is -0.491 e. The van der Waals surface area contributed by atoms with Crippen LogP contribution >= 0.6 is 0 Å². The van der Waals surface area contributed by atoms with Crippen molar-refractivity contribution in [3.63, 3.8) is 0 Å². The number of hydrogen-bond acceptors (Lipinski definition) is 7. The van der Waals surface area contributed by atoms with E-state index in [1.165, 1.54) is 11.4 Å². The zero-order valence-electron chi connectivity index (χ0n) is 28.7. The first kappa shape index (κ1) is 36.2. The maximum atomic E-state index is 14.4. The van der Waals surface area contributed by atoms with Crippen LogP contribution in [0.2, 0.25) is 0 Å². The van der Waals surface area contributed by atoms with Crippen LogP contribution in [0.5, 0.6) is 11.5 Å². The van der Waals surface area contributed by atoms with Crippen molar-refractivity contribution in [1.82, 2.24) is 0 Å². The zero-order chi connectivity index (χ0) is 35.3. The van der Waals surface area contributed by atoms with E-state index in [1.807, 2.05) is 97.9 Å². The lowest BCUT2D eigenvalue weighted by molar-refractivity contribution is -0.140. The monoisotopic (exact) mass is 693 g/mol. The van der Waals surface area contributed by atoms with Gasteiger partial charge in [-0.2, -0.15) is 0 Å². The van der Waals surface area contributed by atoms with Gasteiger partial charge in [0.25, 0.3) is 10.0 Å². The fourth-order valence-electron chi connectivity index (χ4n) is 5.48. The van der Waals surface area contributed by atoms with E-state index in [-0.39, 0.29) is 23.8 Å². The predicted octanol–water partition coefficient (Wildman–Crippen LogP) is 8.16. The Morgan fingerprint density at radius 1 is 0.740 bits per heavy atom. The number of esters is 1. The molecular weight excluding hydrogens is 651 g/mol. The highest BCUT2D eigenvalue weighted by Crippen LogP contribution is 2.35. The molecule has 5 aromatic carbocycles. The lowest BCUT2D eigenvalue weighted by atomic mass is 10.0. The molecule has 0 aliphatic rings. The molecule has 0 fully saturated rings. The minimum absolute atomic E-state index is 0.0722. The molecule has 5 aromatic rings. The van der Waals surface area contributed by atoms with Crippen molar-refractivity contribution in [2.24, 2.45) is 0 Å². The van der Waals surface area contributed by atoms with Crippen molar-refractivity contribution in [3.05, 3.63) is 144 Å². The molecule has 50 heavy (non-hydrogen) atoms. The number of aryl methyl sites for hydroxylation is 2. The van der Waals surface area contributed by atoms with E-state index in [0.717, 1.165) is 33.6 Å². The van der Waals surface area contributed by atoms with Gasteiger partial charge in [0.1, 0.15) is 24.7 Å². The van der Waals surface area contributed by atoms with Crippen molar-refractivity contribution in [2.75, 3.05) is 31.2 Å². The van der Waals surface area contributed by atoms with E-state index in [2.05, 4.69) is 0 Å². The normalized spacial score (nSPS) is 11.2. The second kappa shape index (κ2) is 17.5. The van der Waals surface area contributed by atoms with E-state index in [1.54, 1.807) is 37.3 Å². The zero-order valence-corrected chi connectivity index (χ0v) is 29.5. The Morgan fingerprint density at radius 3 is 2.14 bits per heavy atom. The summed E-state index contributed by atoms with van der Waals surface area (Å²) in [6, 6.07) is 37.7. The Hall–Kier alpha value is -5.12. The maximum Gasteiger partial charge on any atom is 0.305 e. The molecule has 0 bridgehead atoms. The van der Waals surface area contributed by atoms with Gasteiger partial charge in [0.2, 0.25) is 0 Å². The van der Waals surface area contributed by atoms with Crippen LogP contribution in [-0.2, 0) is 43.9 Å². The molecule has 5 rings (SSSR count). The highest BCUT2D eigenvalue weighted by molar-refractivity contribution is 7.92. The number of sulfonamides is 1. The summed E-state index contributed by atoms with van der Waals surface area (Å²) in [7, 11) is -2.61. The molecule has 0 amide bonds. The number of benzene rings is 5. The average molecular weight is 694 g/mol. The molecule has 0 spiro atoms. The first-order valence-corrected chi connectivity index (χ1v) is 18.1. The Bertz CT molecular complexity index is 1940. The number of carbonyl (C=O) groups is 1. The third kappa shape index (κ3) is 9.52. The molecule has 0 heterocycles. The molecule has 260 valence electrons. The fraction of sp³-hybridized carbons (Fsp3) is 0.244. The Labute approximate surface area is 295 Å². The van der Waals surface area contributed by atoms with Gasteiger partial charge >= 0.3 is 5.97 Å². The predicted molar refractivity (Wildman–Crippen MR) is 196 cm³/mol. The van der Waals surface area contributed by atoms with Crippen LogP contribution in [0, 0.1) is 6.92 Å². The standard InChI is InChI=1S/C41H43NO7S/c1-4-47-26-27-48-37-22-18-35(19-23-37)38-28-34(16-24-39(38)49-30-33-11-6-5-7-12-33)29-42(50(44,45)40-13-9-8-10-31(40)2)36-20-14-32(15-21-36)17-25-41(43)46-3/h5-16,18-24,28H,4,17,25-27,29-30H2,1-3H3. The van der Waals surface area contributed by atoms with Crippen molar-refractivity contribution >= 4 is 21.7 Å². The van der Waals surface area contributed by atoms with Gasteiger partial charge in [0, 0.05) is 18.6 Å². The highest BCUT2D eigenvalue weighted by atomic mass is 32.2. The quantitative estimate of drug-likeness (QED) is 0.0717. The van der Waals surface area contributed by atoms with E-state index >= 15 is 0 Å². The Morgan fingerprint density at radius 2 is 1.44 bits per heavy atom. The first-order chi connectivity index (χ1) is 24.3. The third-order valence-electron chi connectivity index (χ3n) is 8.20. The molecule has 9 heteroatoms. The second-order valence-corrected chi connectivity index (χ2v) is 13.5. The summed E-state index contributed by atoms with van der Waals surface area (Å²) >= 11 is 0. The highest BCUT2D eigenvalue weighted by Gasteiger charge is 2.27. The summed E-state index contributed by atoms with van der Waals surface area (Å²) in [6.07, 6.45) is 0.727. The van der Waals surface area contributed by atoms with Crippen LogP contribution < -0.4 is 13.8 Å². The van der Waals surface area contributed by atoms with Gasteiger partial charge in [0.05, 0.1) is 30.8 Å². The van der Waals surface area contributed by atoms with Crippen molar-refractivity contribution < 1.29 is 32.2 Å². The van der Waals surface area contributed by atoms with Gasteiger partial charge in [-0.05, 0) is 90.6 Å². The minimum atomic E-state index is -3.98. The summed E-state index contributed by atoms with van der Waals surface area (Å²) in [6.45, 7) is 5.79. The number of ether oxygens (including phenoxy) is 4. The molecular formula is C41H43NO7S. The van der Waals surface area contributed by atoms with Crippen LogP contribution in [0.1, 0.15) is 35.6 Å². The van der Waals surface area contributed by atoms with E-state index < -0.39 is 10.0 Å². The molecule has 0 atom stereocenters. The van der Waals surface area contributed by atoms with Crippen LogP contribution in [0.25, 0.3) is 11.1 Å². The fourth-order valence-corrected chi connectivity index (χ4v) is 7.16. The van der Waals surface area contributed by atoms with Crippen molar-refractivity contribution in [1.29, 1.82) is 0 Å². The van der Waals surface area contributed by atoms with Crippen LogP contribution in [-0.4, -0.2) is 41.3 Å². The SMILES string of the molecule is CCOCCOc1ccc(-c2cc(CN(c3ccc(CCC(=O)OC)cc3)S(=O)(=O)c3ccccc3C)ccc2OCc2ccccc2)cc1. The largest absolute Gasteiger partial charge is 0.491 e. The van der Waals surface area contributed by atoms with Gasteiger partial charge in [-0.3, -0.25) is 9.10 Å². The number of anilines is 1. The topological polar surface area (TPSA) is 91.4 Å². The Kier molecular flexibility index (Phi) is 12.7. The van der Waals surface area contributed by atoms with Crippen LogP contribution in [0.3, 0.4) is 0 Å². The lowest BCUT2D eigenvalue weighted by Crippen LogP contribution is -2.31. The number of carbonyl (C=O) groups excluding carboxylic acids is 1. The lowest BCUT2D eigenvalue weighted by Gasteiger charge is -2.26. The molecule has 0 radical (unpaired) electrons. The number of nitrogens with zero attached hydrogens (tertiary/aromatic N) is 1. The molecule has 0 aliphatic carbocycles.